The van der Waals surface area contributed by atoms with Gasteiger partial charge in [0.1, 0.15) is 17.8 Å². The number of hydrogen-bond acceptors (Lipinski definition) is 8. The van der Waals surface area contributed by atoms with E-state index in [2.05, 4.69) is 15.1 Å². The van der Waals surface area contributed by atoms with Gasteiger partial charge in [0.2, 0.25) is 0 Å². The average molecular weight is 512 g/mol. The fourth-order valence-corrected chi connectivity index (χ4v) is 4.33. The molecule has 2 aromatic rings. The lowest BCUT2D eigenvalue weighted by molar-refractivity contribution is -0.144. The zero-order valence-corrected chi connectivity index (χ0v) is 20.6. The number of amides is 2. The molecule has 1 unspecified atom stereocenters. The number of ether oxygens (including phenoxy) is 2. The molecule has 2 N–H and O–H groups in total. The van der Waals surface area contributed by atoms with Gasteiger partial charge in [0, 0.05) is 49.5 Å². The van der Waals surface area contributed by atoms with Crippen molar-refractivity contribution in [3.05, 3.63) is 65.5 Å². The van der Waals surface area contributed by atoms with E-state index >= 15 is 0 Å². The zero-order valence-electron chi connectivity index (χ0n) is 20.6. The summed E-state index contributed by atoms with van der Waals surface area (Å²) in [5.74, 6) is -1.46. The first-order valence-corrected chi connectivity index (χ1v) is 12.2. The number of nitrogens with one attached hydrogen (secondary N) is 2. The lowest BCUT2D eigenvalue weighted by atomic mass is 10.1. The first kappa shape index (κ1) is 26.2. The number of amidine groups is 1. The smallest absolute Gasteiger partial charge is 0.414 e. The molecule has 2 amide bonds. The molecule has 10 nitrogen and oxygen atoms in total. The number of rotatable bonds is 8. The van der Waals surface area contributed by atoms with E-state index in [1.807, 2.05) is 0 Å². The molecular formula is C26H30FN5O5. The van der Waals surface area contributed by atoms with Crippen LogP contribution in [0.3, 0.4) is 0 Å². The van der Waals surface area contributed by atoms with Crippen molar-refractivity contribution in [2.45, 2.75) is 13.0 Å². The van der Waals surface area contributed by atoms with Crippen molar-refractivity contribution < 1.29 is 28.2 Å². The third kappa shape index (κ3) is 6.89. The van der Waals surface area contributed by atoms with E-state index in [9.17, 15) is 18.8 Å². The van der Waals surface area contributed by atoms with Gasteiger partial charge in [-0.15, -0.1) is 0 Å². The van der Waals surface area contributed by atoms with Crippen molar-refractivity contribution >= 4 is 29.5 Å². The maximum absolute atomic E-state index is 13.4. The number of cyclic esters (lactones) is 1. The Bertz CT molecular complexity index is 1150. The van der Waals surface area contributed by atoms with Gasteiger partial charge in [-0.2, -0.15) is 0 Å². The molecule has 0 aromatic heterocycles. The molecule has 2 aliphatic rings. The molecule has 2 fully saturated rings. The van der Waals surface area contributed by atoms with Crippen LogP contribution in [0.15, 0.2) is 48.5 Å². The number of anilines is 1. The van der Waals surface area contributed by atoms with E-state index in [1.165, 1.54) is 18.2 Å². The summed E-state index contributed by atoms with van der Waals surface area (Å²) in [6.45, 7) is 6.48. The number of hydrogen-bond donors (Lipinski definition) is 2. The van der Waals surface area contributed by atoms with Crippen molar-refractivity contribution in [3.8, 4) is 0 Å². The largest absolute Gasteiger partial charge is 0.465 e. The van der Waals surface area contributed by atoms with Gasteiger partial charge in [-0.05, 0) is 49.4 Å². The zero-order chi connectivity index (χ0) is 26.4. The van der Waals surface area contributed by atoms with Gasteiger partial charge in [0.15, 0.2) is 0 Å². The van der Waals surface area contributed by atoms with Gasteiger partial charge in [0.05, 0.1) is 19.7 Å². The van der Waals surface area contributed by atoms with Crippen LogP contribution in [-0.2, 0) is 14.3 Å². The molecule has 0 saturated carbocycles. The number of halogens is 1. The molecule has 11 heteroatoms. The predicted molar refractivity (Wildman–Crippen MR) is 134 cm³/mol. The van der Waals surface area contributed by atoms with Gasteiger partial charge < -0.3 is 14.8 Å². The van der Waals surface area contributed by atoms with Gasteiger partial charge in [-0.1, -0.05) is 6.07 Å². The highest BCUT2D eigenvalue weighted by atomic mass is 19.1. The third-order valence-corrected chi connectivity index (χ3v) is 6.25. The first-order chi connectivity index (χ1) is 17.8. The van der Waals surface area contributed by atoms with Crippen LogP contribution in [0, 0.1) is 11.2 Å². The normalized spacial score (nSPS) is 18.4. The molecular weight excluding hydrogens is 481 g/mol. The Balaban J connectivity index is 1.26. The third-order valence-electron chi connectivity index (χ3n) is 6.25. The van der Waals surface area contributed by atoms with E-state index in [-0.39, 0.29) is 30.0 Å². The summed E-state index contributed by atoms with van der Waals surface area (Å²) in [5.41, 5.74) is 1.19. The van der Waals surface area contributed by atoms with E-state index in [1.54, 1.807) is 36.1 Å². The second kappa shape index (κ2) is 11.9. The fraction of sp³-hybridized carbons (Fsp3) is 0.385. The summed E-state index contributed by atoms with van der Waals surface area (Å²) in [6.07, 6.45) is -0.721. The molecule has 1 atom stereocenters. The van der Waals surface area contributed by atoms with Crippen molar-refractivity contribution in [2.24, 2.45) is 0 Å². The topological polar surface area (TPSA) is 115 Å². The number of esters is 1. The van der Waals surface area contributed by atoms with Crippen LogP contribution >= 0.6 is 0 Å². The Kier molecular flexibility index (Phi) is 8.47. The van der Waals surface area contributed by atoms with Crippen LogP contribution in [0.4, 0.5) is 14.9 Å². The molecule has 0 spiro atoms. The Hall–Kier alpha value is -3.83. The van der Waals surface area contributed by atoms with Gasteiger partial charge in [-0.3, -0.25) is 29.7 Å². The minimum Gasteiger partial charge on any atom is -0.465 e. The number of nitrogens with zero attached hydrogens (tertiary/aromatic N) is 3. The molecule has 2 saturated heterocycles. The maximum atomic E-state index is 13.4. The maximum Gasteiger partial charge on any atom is 0.414 e. The highest BCUT2D eigenvalue weighted by Gasteiger charge is 2.34. The molecule has 2 aliphatic heterocycles. The first-order valence-electron chi connectivity index (χ1n) is 12.2. The summed E-state index contributed by atoms with van der Waals surface area (Å²) >= 11 is 0. The van der Waals surface area contributed by atoms with Crippen LogP contribution in [0.5, 0.6) is 0 Å². The summed E-state index contributed by atoms with van der Waals surface area (Å²) in [4.78, 5) is 42.3. The van der Waals surface area contributed by atoms with Crippen molar-refractivity contribution in [3.63, 3.8) is 0 Å². The number of benzene rings is 2. The second-order valence-electron chi connectivity index (χ2n) is 8.88. The molecule has 37 heavy (non-hydrogen) atoms. The second-order valence-corrected chi connectivity index (χ2v) is 8.88. The Labute approximate surface area is 214 Å². The van der Waals surface area contributed by atoms with Crippen LogP contribution in [0.2, 0.25) is 0 Å². The van der Waals surface area contributed by atoms with Crippen LogP contribution in [0.1, 0.15) is 22.8 Å². The Morgan fingerprint density at radius 2 is 1.78 bits per heavy atom. The quantitative estimate of drug-likeness (QED) is 0.317. The van der Waals surface area contributed by atoms with Crippen LogP contribution in [0.25, 0.3) is 0 Å². The summed E-state index contributed by atoms with van der Waals surface area (Å²) in [7, 11) is 0. The van der Waals surface area contributed by atoms with Gasteiger partial charge in [0.25, 0.3) is 5.91 Å². The van der Waals surface area contributed by atoms with E-state index < -0.39 is 17.8 Å². The standard InChI is InChI=1S/C26H30FN5O5/c1-2-36-23(33)17-31-12-10-30(11-13-31)15-22-16-32(26(35)37-22)21-8-6-18(7-9-21)24(28)29-25(34)19-4-3-5-20(27)14-19/h3-9,14,22H,2,10-13,15-17H2,1H3,(H2,28,29,34). The van der Waals surface area contributed by atoms with E-state index in [0.29, 0.717) is 30.9 Å². The van der Waals surface area contributed by atoms with Crippen molar-refractivity contribution in [2.75, 3.05) is 57.3 Å². The Morgan fingerprint density at radius 3 is 2.46 bits per heavy atom. The van der Waals surface area contributed by atoms with Crippen LogP contribution < -0.4 is 10.2 Å². The number of carbonyl (C=O) groups excluding carboxylic acids is 3. The summed E-state index contributed by atoms with van der Waals surface area (Å²) < 4.78 is 23.9. The molecule has 2 heterocycles. The molecule has 4 rings (SSSR count). The highest BCUT2D eigenvalue weighted by Crippen LogP contribution is 2.23. The highest BCUT2D eigenvalue weighted by molar-refractivity contribution is 6.11. The monoisotopic (exact) mass is 511 g/mol. The SMILES string of the molecule is CCOC(=O)CN1CCN(CC2CN(c3ccc(C(=N)NC(=O)c4cccc(F)c4)cc3)C(=O)O2)CC1. The fourth-order valence-electron chi connectivity index (χ4n) is 4.33. The molecule has 196 valence electrons. The summed E-state index contributed by atoms with van der Waals surface area (Å²) in [6, 6.07) is 11.9. The minimum absolute atomic E-state index is 0.118. The molecule has 0 aliphatic carbocycles. The lowest BCUT2D eigenvalue weighted by Gasteiger charge is -2.34. The molecule has 0 bridgehead atoms. The number of carbonyl (C=O) groups is 3. The Morgan fingerprint density at radius 1 is 1.08 bits per heavy atom. The van der Waals surface area contributed by atoms with Gasteiger partial charge in [-0.25, -0.2) is 9.18 Å². The lowest BCUT2D eigenvalue weighted by Crippen LogP contribution is -2.50. The minimum atomic E-state index is -0.582. The van der Waals surface area contributed by atoms with Crippen molar-refractivity contribution in [1.29, 1.82) is 5.41 Å². The molecule has 0 radical (unpaired) electrons. The van der Waals surface area contributed by atoms with Crippen molar-refractivity contribution in [1.82, 2.24) is 15.1 Å². The van der Waals surface area contributed by atoms with Crippen LogP contribution in [-0.4, -0.2) is 92.1 Å². The van der Waals surface area contributed by atoms with Gasteiger partial charge >= 0.3 is 12.1 Å². The van der Waals surface area contributed by atoms with E-state index in [0.717, 1.165) is 32.2 Å². The predicted octanol–water partition coefficient (Wildman–Crippen LogP) is 2.09. The average Bonchev–Trinajstić information content (AvgIpc) is 3.25. The summed E-state index contributed by atoms with van der Waals surface area (Å²) in [5, 5.41) is 10.6. The molecule has 2 aromatic carbocycles. The van der Waals surface area contributed by atoms with E-state index in [4.69, 9.17) is 14.9 Å². The number of piperazine rings is 1.